The Kier molecular flexibility index (Phi) is 2.66. The second-order valence-electron chi connectivity index (χ2n) is 3.98. The van der Waals surface area contributed by atoms with Gasteiger partial charge in [-0.2, -0.15) is 0 Å². The average Bonchev–Trinajstić information content (AvgIpc) is 2.68. The molecule has 6 heteroatoms. The van der Waals surface area contributed by atoms with E-state index in [0.29, 0.717) is 32.0 Å². The van der Waals surface area contributed by atoms with Crippen LogP contribution in [0.5, 0.6) is 0 Å². The van der Waals surface area contributed by atoms with Crippen LogP contribution in [0, 0.1) is 0 Å². The molecule has 0 aromatic carbocycles. The molecule has 0 bridgehead atoms. The van der Waals surface area contributed by atoms with Crippen molar-refractivity contribution in [3.63, 3.8) is 0 Å². The summed E-state index contributed by atoms with van der Waals surface area (Å²) in [4.78, 5) is 18.6. The minimum atomic E-state index is -0.159. The third-order valence-electron chi connectivity index (χ3n) is 2.82. The van der Waals surface area contributed by atoms with Gasteiger partial charge in [0.25, 0.3) is 0 Å². The molecular formula is C11H13N3O3. The molecule has 1 fully saturated rings. The standard InChI is InChI=1S/C11H13N3O3/c15-11-13-10-9(2-1-3-12-10)14(11)6-8-7-16-4-5-17-8/h1-3,8H,4-7H2,(H,12,13,15). The summed E-state index contributed by atoms with van der Waals surface area (Å²) in [7, 11) is 0. The Morgan fingerprint density at radius 3 is 3.29 bits per heavy atom. The quantitative estimate of drug-likeness (QED) is 0.804. The van der Waals surface area contributed by atoms with E-state index in [9.17, 15) is 4.79 Å². The van der Waals surface area contributed by atoms with Crippen molar-refractivity contribution >= 4 is 11.2 Å². The maximum atomic E-state index is 11.8. The molecule has 0 amide bonds. The van der Waals surface area contributed by atoms with E-state index in [1.807, 2.05) is 12.1 Å². The van der Waals surface area contributed by atoms with Crippen molar-refractivity contribution < 1.29 is 9.47 Å². The number of nitrogens with one attached hydrogen (secondary N) is 1. The smallest absolute Gasteiger partial charge is 0.327 e. The van der Waals surface area contributed by atoms with Crippen LogP contribution in [-0.2, 0) is 16.0 Å². The molecule has 2 aromatic rings. The zero-order chi connectivity index (χ0) is 11.7. The number of aromatic nitrogens is 3. The molecule has 1 saturated heterocycles. The lowest BCUT2D eigenvalue weighted by atomic mass is 10.3. The minimum absolute atomic E-state index is 0.0688. The molecule has 6 nitrogen and oxygen atoms in total. The minimum Gasteiger partial charge on any atom is -0.376 e. The summed E-state index contributed by atoms with van der Waals surface area (Å²) in [5, 5.41) is 0. The van der Waals surface area contributed by atoms with Crippen LogP contribution in [0.15, 0.2) is 23.1 Å². The molecule has 0 radical (unpaired) electrons. The summed E-state index contributed by atoms with van der Waals surface area (Å²) in [6.07, 6.45) is 1.59. The molecule has 17 heavy (non-hydrogen) atoms. The highest BCUT2D eigenvalue weighted by Crippen LogP contribution is 2.09. The van der Waals surface area contributed by atoms with Crippen molar-refractivity contribution in [3.8, 4) is 0 Å². The molecule has 0 aliphatic carbocycles. The fraction of sp³-hybridized carbons (Fsp3) is 0.455. The van der Waals surface area contributed by atoms with E-state index in [1.54, 1.807) is 10.8 Å². The van der Waals surface area contributed by atoms with Crippen LogP contribution in [0.4, 0.5) is 0 Å². The Morgan fingerprint density at radius 1 is 1.53 bits per heavy atom. The average molecular weight is 235 g/mol. The van der Waals surface area contributed by atoms with Gasteiger partial charge >= 0.3 is 5.69 Å². The van der Waals surface area contributed by atoms with Gasteiger partial charge in [0.1, 0.15) is 0 Å². The molecule has 1 aliphatic heterocycles. The Hall–Kier alpha value is -1.66. The van der Waals surface area contributed by atoms with Gasteiger partial charge in [0, 0.05) is 6.20 Å². The normalized spacial score (nSPS) is 20.8. The van der Waals surface area contributed by atoms with Gasteiger partial charge in [-0.1, -0.05) is 0 Å². The number of H-pyrrole nitrogens is 1. The number of hydrogen-bond donors (Lipinski definition) is 1. The monoisotopic (exact) mass is 235 g/mol. The fourth-order valence-electron chi connectivity index (χ4n) is 2.02. The molecule has 90 valence electrons. The largest absolute Gasteiger partial charge is 0.376 e. The Balaban J connectivity index is 1.93. The summed E-state index contributed by atoms with van der Waals surface area (Å²) >= 11 is 0. The molecule has 1 N–H and O–H groups in total. The molecule has 1 aliphatic rings. The van der Waals surface area contributed by atoms with Crippen LogP contribution >= 0.6 is 0 Å². The molecule has 1 atom stereocenters. The van der Waals surface area contributed by atoms with Crippen molar-refractivity contribution in [1.82, 2.24) is 14.5 Å². The highest BCUT2D eigenvalue weighted by molar-refractivity contribution is 5.70. The highest BCUT2D eigenvalue weighted by atomic mass is 16.6. The maximum absolute atomic E-state index is 11.8. The van der Waals surface area contributed by atoms with E-state index in [0.717, 1.165) is 5.52 Å². The summed E-state index contributed by atoms with van der Waals surface area (Å²) in [5.41, 5.74) is 1.24. The summed E-state index contributed by atoms with van der Waals surface area (Å²) < 4.78 is 12.5. The first-order valence-corrected chi connectivity index (χ1v) is 5.57. The number of fused-ring (bicyclic) bond motifs is 1. The van der Waals surface area contributed by atoms with Crippen LogP contribution in [0.25, 0.3) is 11.2 Å². The van der Waals surface area contributed by atoms with Crippen molar-refractivity contribution in [3.05, 3.63) is 28.8 Å². The first kappa shape index (κ1) is 10.5. The topological polar surface area (TPSA) is 69.1 Å². The number of ether oxygens (including phenoxy) is 2. The van der Waals surface area contributed by atoms with Crippen molar-refractivity contribution in [2.75, 3.05) is 19.8 Å². The third kappa shape index (κ3) is 1.96. The van der Waals surface area contributed by atoms with Gasteiger partial charge in [-0.15, -0.1) is 0 Å². The Bertz CT molecular complexity index is 569. The van der Waals surface area contributed by atoms with E-state index >= 15 is 0 Å². The van der Waals surface area contributed by atoms with Crippen LogP contribution in [0.1, 0.15) is 0 Å². The van der Waals surface area contributed by atoms with Crippen LogP contribution in [-0.4, -0.2) is 40.5 Å². The van der Waals surface area contributed by atoms with Gasteiger partial charge in [0.15, 0.2) is 5.65 Å². The second kappa shape index (κ2) is 4.31. The second-order valence-corrected chi connectivity index (χ2v) is 3.98. The van der Waals surface area contributed by atoms with Crippen molar-refractivity contribution in [1.29, 1.82) is 0 Å². The van der Waals surface area contributed by atoms with Gasteiger partial charge < -0.3 is 9.47 Å². The first-order chi connectivity index (χ1) is 8.34. The first-order valence-electron chi connectivity index (χ1n) is 5.57. The Morgan fingerprint density at radius 2 is 2.47 bits per heavy atom. The van der Waals surface area contributed by atoms with Crippen LogP contribution < -0.4 is 5.69 Å². The molecule has 0 saturated carbocycles. The van der Waals surface area contributed by atoms with Crippen molar-refractivity contribution in [2.45, 2.75) is 12.6 Å². The number of imidazole rings is 1. The van der Waals surface area contributed by atoms with E-state index in [-0.39, 0.29) is 11.8 Å². The molecule has 2 aromatic heterocycles. The maximum Gasteiger partial charge on any atom is 0.327 e. The predicted octanol–water partition coefficient (Wildman–Crippen LogP) is 0.140. The summed E-state index contributed by atoms with van der Waals surface area (Å²) in [5.74, 6) is 0. The fourth-order valence-corrected chi connectivity index (χ4v) is 2.02. The number of hydrogen-bond acceptors (Lipinski definition) is 4. The number of nitrogens with zero attached hydrogens (tertiary/aromatic N) is 2. The van der Waals surface area contributed by atoms with E-state index in [2.05, 4.69) is 9.97 Å². The number of rotatable bonds is 2. The predicted molar refractivity (Wildman–Crippen MR) is 60.9 cm³/mol. The molecule has 1 unspecified atom stereocenters. The van der Waals surface area contributed by atoms with Gasteiger partial charge in [-0.25, -0.2) is 9.78 Å². The lowest BCUT2D eigenvalue weighted by Crippen LogP contribution is -2.34. The molecule has 3 rings (SSSR count). The number of aromatic amines is 1. The highest BCUT2D eigenvalue weighted by Gasteiger charge is 2.17. The number of pyridine rings is 1. The lowest BCUT2D eigenvalue weighted by molar-refractivity contribution is -0.0934. The lowest BCUT2D eigenvalue weighted by Gasteiger charge is -2.23. The van der Waals surface area contributed by atoms with Crippen molar-refractivity contribution in [2.24, 2.45) is 0 Å². The van der Waals surface area contributed by atoms with Crippen LogP contribution in [0.3, 0.4) is 0 Å². The van der Waals surface area contributed by atoms with E-state index < -0.39 is 0 Å². The van der Waals surface area contributed by atoms with E-state index in [4.69, 9.17) is 9.47 Å². The van der Waals surface area contributed by atoms with Crippen LogP contribution in [0.2, 0.25) is 0 Å². The summed E-state index contributed by atoms with van der Waals surface area (Å²) in [6, 6.07) is 3.67. The van der Waals surface area contributed by atoms with E-state index in [1.165, 1.54) is 0 Å². The zero-order valence-corrected chi connectivity index (χ0v) is 9.26. The molecular weight excluding hydrogens is 222 g/mol. The van der Waals surface area contributed by atoms with Gasteiger partial charge in [-0.05, 0) is 12.1 Å². The third-order valence-corrected chi connectivity index (χ3v) is 2.82. The van der Waals surface area contributed by atoms with Gasteiger partial charge in [0.05, 0.1) is 38.0 Å². The zero-order valence-electron chi connectivity index (χ0n) is 9.26. The summed E-state index contributed by atoms with van der Waals surface area (Å²) in [6.45, 7) is 2.23. The molecule has 0 spiro atoms. The Labute approximate surface area is 97.2 Å². The SMILES string of the molecule is O=c1[nH]c2ncccc2n1CC1COCCO1. The molecule has 3 heterocycles. The van der Waals surface area contributed by atoms with Gasteiger partial charge in [0.2, 0.25) is 0 Å². The van der Waals surface area contributed by atoms with Gasteiger partial charge in [-0.3, -0.25) is 9.55 Å².